The van der Waals surface area contributed by atoms with E-state index in [-0.39, 0.29) is 11.9 Å². The second-order valence-electron chi connectivity index (χ2n) is 6.51. The number of halogens is 1. The van der Waals surface area contributed by atoms with Gasteiger partial charge in [0.1, 0.15) is 6.29 Å². The van der Waals surface area contributed by atoms with Crippen molar-refractivity contribution in [2.24, 2.45) is 0 Å². The number of aldehydes is 1. The van der Waals surface area contributed by atoms with Gasteiger partial charge in [0.2, 0.25) is 0 Å². The van der Waals surface area contributed by atoms with Crippen LogP contribution in [0, 0.1) is 0 Å². The minimum absolute atomic E-state index is 0.00338. The molecule has 0 bridgehead atoms. The minimum Gasteiger partial charge on any atom is -0.334 e. The Balaban J connectivity index is 1.76. The van der Waals surface area contributed by atoms with Crippen molar-refractivity contribution < 1.29 is 9.59 Å². The number of hydrogen-bond acceptors (Lipinski definition) is 3. The summed E-state index contributed by atoms with van der Waals surface area (Å²) in [6, 6.07) is 5.18. The van der Waals surface area contributed by atoms with Crippen molar-refractivity contribution in [2.45, 2.75) is 38.1 Å². The quantitative estimate of drug-likeness (QED) is 0.794. The largest absolute Gasteiger partial charge is 0.334 e. The maximum absolute atomic E-state index is 12.9. The molecule has 0 aromatic heterocycles. The van der Waals surface area contributed by atoms with Crippen LogP contribution in [0.5, 0.6) is 0 Å². The Morgan fingerprint density at radius 2 is 1.91 bits per heavy atom. The van der Waals surface area contributed by atoms with Crippen molar-refractivity contribution in [3.63, 3.8) is 0 Å². The third-order valence-corrected chi connectivity index (χ3v) is 5.23. The summed E-state index contributed by atoms with van der Waals surface area (Å²) in [5.41, 5.74) is 1.00. The maximum Gasteiger partial charge on any atom is 0.255 e. The molecule has 2 aliphatic rings. The van der Waals surface area contributed by atoms with E-state index in [0.29, 0.717) is 16.1 Å². The molecule has 0 N–H and O–H groups in total. The van der Waals surface area contributed by atoms with Gasteiger partial charge in [0, 0.05) is 24.7 Å². The fourth-order valence-electron chi connectivity index (χ4n) is 3.65. The molecule has 1 aromatic rings. The van der Waals surface area contributed by atoms with E-state index < -0.39 is 0 Å². The molecule has 0 spiro atoms. The van der Waals surface area contributed by atoms with Crippen molar-refractivity contribution in [1.82, 2.24) is 9.80 Å². The monoisotopic (exact) mass is 334 g/mol. The normalized spacial score (nSPS) is 22.3. The molecule has 1 amide bonds. The van der Waals surface area contributed by atoms with Crippen LogP contribution in [-0.4, -0.2) is 54.2 Å². The van der Waals surface area contributed by atoms with Crippen molar-refractivity contribution in [3.05, 3.63) is 34.3 Å². The lowest BCUT2D eigenvalue weighted by molar-refractivity contribution is 0.0560. The number of rotatable bonds is 4. The summed E-state index contributed by atoms with van der Waals surface area (Å²) in [5, 5.41) is 0.366. The van der Waals surface area contributed by atoms with Gasteiger partial charge in [-0.25, -0.2) is 0 Å². The van der Waals surface area contributed by atoms with E-state index in [1.54, 1.807) is 18.2 Å². The van der Waals surface area contributed by atoms with Crippen molar-refractivity contribution in [1.29, 1.82) is 0 Å². The fourth-order valence-corrected chi connectivity index (χ4v) is 3.92. The number of carbonyl (C=O) groups is 2. The Morgan fingerprint density at radius 1 is 1.17 bits per heavy atom. The summed E-state index contributed by atoms with van der Waals surface area (Å²) in [6.45, 7) is 4.06. The molecule has 3 rings (SSSR count). The number of benzene rings is 1. The van der Waals surface area contributed by atoms with E-state index in [9.17, 15) is 9.59 Å². The Hall–Kier alpha value is -1.39. The van der Waals surface area contributed by atoms with Gasteiger partial charge < -0.3 is 9.80 Å². The molecule has 0 radical (unpaired) electrons. The van der Waals surface area contributed by atoms with Crippen LogP contribution in [0.25, 0.3) is 0 Å². The molecule has 0 unspecified atom stereocenters. The molecular weight excluding hydrogens is 312 g/mol. The zero-order valence-electron chi connectivity index (χ0n) is 13.3. The molecular formula is C18H23ClN2O2. The van der Waals surface area contributed by atoms with Gasteiger partial charge in [0.15, 0.2) is 0 Å². The first-order valence-corrected chi connectivity index (χ1v) is 8.85. The molecule has 2 aliphatic heterocycles. The van der Waals surface area contributed by atoms with Crippen molar-refractivity contribution in [2.75, 3.05) is 26.2 Å². The van der Waals surface area contributed by atoms with Crippen LogP contribution in [0.2, 0.25) is 5.02 Å². The maximum atomic E-state index is 12.9. The highest BCUT2D eigenvalue weighted by Gasteiger charge is 2.30. The highest BCUT2D eigenvalue weighted by atomic mass is 35.5. The van der Waals surface area contributed by atoms with Crippen molar-refractivity contribution >= 4 is 23.8 Å². The number of likely N-dealkylation sites (tertiary alicyclic amines) is 2. The zero-order valence-corrected chi connectivity index (χ0v) is 14.1. The average Bonchev–Trinajstić information content (AvgIpc) is 3.07. The summed E-state index contributed by atoms with van der Waals surface area (Å²) in [4.78, 5) is 28.2. The van der Waals surface area contributed by atoms with Gasteiger partial charge in [-0.05, 0) is 57.3 Å². The third-order valence-electron chi connectivity index (χ3n) is 4.92. The molecule has 0 saturated carbocycles. The molecule has 4 nitrogen and oxygen atoms in total. The Kier molecular flexibility index (Phi) is 5.34. The van der Waals surface area contributed by atoms with Gasteiger partial charge in [-0.15, -0.1) is 0 Å². The van der Waals surface area contributed by atoms with Gasteiger partial charge in [0.05, 0.1) is 10.6 Å². The van der Waals surface area contributed by atoms with Crippen LogP contribution in [-0.2, 0) is 0 Å². The summed E-state index contributed by atoms with van der Waals surface area (Å²) in [5.74, 6) is -0.00338. The van der Waals surface area contributed by atoms with Crippen LogP contribution in [0.3, 0.4) is 0 Å². The number of amides is 1. The van der Waals surface area contributed by atoms with Gasteiger partial charge >= 0.3 is 0 Å². The fraction of sp³-hybridized carbons (Fsp3) is 0.556. The molecule has 5 heteroatoms. The summed E-state index contributed by atoms with van der Waals surface area (Å²) in [6.07, 6.45) is 6.56. The molecule has 2 saturated heterocycles. The van der Waals surface area contributed by atoms with E-state index in [1.807, 2.05) is 4.90 Å². The highest BCUT2D eigenvalue weighted by molar-refractivity contribution is 6.34. The zero-order chi connectivity index (χ0) is 16.2. The van der Waals surface area contributed by atoms with E-state index in [1.165, 1.54) is 19.3 Å². The number of piperidine rings is 1. The summed E-state index contributed by atoms with van der Waals surface area (Å²) in [7, 11) is 0. The topological polar surface area (TPSA) is 40.6 Å². The van der Waals surface area contributed by atoms with E-state index >= 15 is 0 Å². The summed E-state index contributed by atoms with van der Waals surface area (Å²) < 4.78 is 0. The first kappa shape index (κ1) is 16.5. The molecule has 23 heavy (non-hydrogen) atoms. The first-order chi connectivity index (χ1) is 11.2. The molecule has 2 heterocycles. The number of nitrogens with zero attached hydrogens (tertiary/aromatic N) is 2. The molecule has 1 atom stereocenters. The van der Waals surface area contributed by atoms with Gasteiger partial charge in [-0.2, -0.15) is 0 Å². The standard InChI is InChI=1S/C18H23ClN2O2/c19-17-11-14(13-22)6-7-16(17)18(23)21-10-2-1-5-15(21)12-20-8-3-4-9-20/h6-7,11,13,15H,1-5,8-10,12H2/t15-/m0/s1. The van der Waals surface area contributed by atoms with Gasteiger partial charge in [0.25, 0.3) is 5.91 Å². The lowest BCUT2D eigenvalue weighted by atomic mass is 10.00. The van der Waals surface area contributed by atoms with E-state index in [2.05, 4.69) is 4.90 Å². The smallest absolute Gasteiger partial charge is 0.255 e. The predicted molar refractivity (Wildman–Crippen MR) is 91.2 cm³/mol. The molecule has 1 aromatic carbocycles. The Labute approximate surface area is 142 Å². The Bertz CT molecular complexity index is 584. The number of carbonyl (C=O) groups excluding carboxylic acids is 2. The van der Waals surface area contributed by atoms with Crippen molar-refractivity contribution in [3.8, 4) is 0 Å². The Morgan fingerprint density at radius 3 is 2.61 bits per heavy atom. The SMILES string of the molecule is O=Cc1ccc(C(=O)N2CCCC[C@H]2CN2CCCC2)c(Cl)c1. The summed E-state index contributed by atoms with van der Waals surface area (Å²) >= 11 is 6.22. The molecule has 124 valence electrons. The van der Waals surface area contributed by atoms with Crippen LogP contribution in [0.15, 0.2) is 18.2 Å². The lowest BCUT2D eigenvalue weighted by Gasteiger charge is -2.38. The van der Waals surface area contributed by atoms with Crippen LogP contribution < -0.4 is 0 Å². The first-order valence-electron chi connectivity index (χ1n) is 8.47. The highest BCUT2D eigenvalue weighted by Crippen LogP contribution is 2.25. The third kappa shape index (κ3) is 3.75. The van der Waals surface area contributed by atoms with Crippen LogP contribution in [0.1, 0.15) is 52.8 Å². The second kappa shape index (κ2) is 7.45. The number of hydrogen-bond donors (Lipinski definition) is 0. The van der Waals surface area contributed by atoms with E-state index in [0.717, 1.165) is 45.3 Å². The average molecular weight is 335 g/mol. The molecule has 2 fully saturated rings. The molecule has 0 aliphatic carbocycles. The van der Waals surface area contributed by atoms with Gasteiger partial charge in [-0.1, -0.05) is 17.7 Å². The van der Waals surface area contributed by atoms with E-state index in [4.69, 9.17) is 11.6 Å². The predicted octanol–water partition coefficient (Wildman–Crippen LogP) is 3.24. The van der Waals surface area contributed by atoms with Crippen LogP contribution in [0.4, 0.5) is 0 Å². The second-order valence-corrected chi connectivity index (χ2v) is 6.92. The lowest BCUT2D eigenvalue weighted by Crippen LogP contribution is -2.49. The van der Waals surface area contributed by atoms with Gasteiger partial charge in [-0.3, -0.25) is 9.59 Å². The minimum atomic E-state index is -0.00338. The van der Waals surface area contributed by atoms with Crippen LogP contribution >= 0.6 is 11.6 Å².